The zero-order valence-corrected chi connectivity index (χ0v) is 15.9. The molecule has 2 atom stereocenters. The average Bonchev–Trinajstić information content (AvgIpc) is 2.92. The first kappa shape index (κ1) is 18.3. The first-order valence-corrected chi connectivity index (χ1v) is 8.87. The number of ether oxygens (including phenoxy) is 2. The summed E-state index contributed by atoms with van der Waals surface area (Å²) in [6, 6.07) is 1.96. The first-order valence-electron chi connectivity index (χ1n) is 8.87. The monoisotopic (exact) mass is 359 g/mol. The maximum atomic E-state index is 12.4. The Morgan fingerprint density at radius 3 is 2.58 bits per heavy atom. The Labute approximate surface area is 153 Å². The fourth-order valence-electron chi connectivity index (χ4n) is 3.24. The second-order valence-electron chi connectivity index (χ2n) is 6.63. The lowest BCUT2D eigenvalue weighted by atomic mass is 10.2. The first-order chi connectivity index (χ1) is 12.4. The molecule has 0 saturated carbocycles. The molecule has 0 aliphatic carbocycles. The van der Waals surface area contributed by atoms with Gasteiger partial charge < -0.3 is 14.4 Å². The lowest BCUT2D eigenvalue weighted by Crippen LogP contribution is -2.46. The van der Waals surface area contributed by atoms with Gasteiger partial charge in [-0.25, -0.2) is 14.5 Å². The van der Waals surface area contributed by atoms with E-state index in [0.717, 1.165) is 11.4 Å². The number of hydrogen-bond acceptors (Lipinski definition) is 7. The molecular formula is C18H25N5O3. The molecule has 0 aromatic carbocycles. The molecule has 2 aromatic rings. The Bertz CT molecular complexity index is 794. The van der Waals surface area contributed by atoms with Crippen molar-refractivity contribution in [3.63, 3.8) is 0 Å². The van der Waals surface area contributed by atoms with Crippen LogP contribution < -0.4 is 4.90 Å². The lowest BCUT2D eigenvalue weighted by Gasteiger charge is -2.36. The third kappa shape index (κ3) is 3.70. The molecule has 0 bridgehead atoms. The number of nitrogens with zero attached hydrogens (tertiary/aromatic N) is 5. The van der Waals surface area contributed by atoms with E-state index in [1.807, 2.05) is 33.8 Å². The van der Waals surface area contributed by atoms with Gasteiger partial charge in [0.05, 0.1) is 24.5 Å². The molecule has 1 aliphatic rings. The number of esters is 1. The fourth-order valence-corrected chi connectivity index (χ4v) is 3.24. The second kappa shape index (κ2) is 7.41. The molecule has 1 fully saturated rings. The molecule has 140 valence electrons. The predicted molar refractivity (Wildman–Crippen MR) is 96.8 cm³/mol. The third-order valence-corrected chi connectivity index (χ3v) is 4.17. The summed E-state index contributed by atoms with van der Waals surface area (Å²) in [6.45, 7) is 11.2. The summed E-state index contributed by atoms with van der Waals surface area (Å²) in [5.41, 5.74) is 2.18. The highest BCUT2D eigenvalue weighted by atomic mass is 16.5. The smallest absolute Gasteiger partial charge is 0.343 e. The summed E-state index contributed by atoms with van der Waals surface area (Å²) in [6.07, 6.45) is 1.61. The predicted octanol–water partition coefficient (Wildman–Crippen LogP) is 2.07. The minimum atomic E-state index is -0.422. The fraction of sp³-hybridized carbons (Fsp3) is 0.556. The van der Waals surface area contributed by atoms with Crippen LogP contribution in [0.1, 0.15) is 42.5 Å². The van der Waals surface area contributed by atoms with E-state index in [9.17, 15) is 4.79 Å². The van der Waals surface area contributed by atoms with E-state index in [2.05, 4.69) is 20.0 Å². The van der Waals surface area contributed by atoms with Crippen molar-refractivity contribution < 1.29 is 14.3 Å². The van der Waals surface area contributed by atoms with Crippen LogP contribution in [0, 0.1) is 13.8 Å². The van der Waals surface area contributed by atoms with Crippen LogP contribution in [0.15, 0.2) is 12.3 Å². The Hall–Kier alpha value is -2.48. The number of aromatic nitrogens is 4. The van der Waals surface area contributed by atoms with Gasteiger partial charge >= 0.3 is 5.97 Å². The van der Waals surface area contributed by atoms with Crippen molar-refractivity contribution in [2.24, 2.45) is 0 Å². The highest BCUT2D eigenvalue weighted by Gasteiger charge is 2.28. The van der Waals surface area contributed by atoms with Crippen LogP contribution in [0.4, 0.5) is 5.82 Å². The highest BCUT2D eigenvalue weighted by Crippen LogP contribution is 2.24. The average molecular weight is 359 g/mol. The van der Waals surface area contributed by atoms with Gasteiger partial charge in [-0.1, -0.05) is 0 Å². The number of hydrogen-bond donors (Lipinski definition) is 0. The molecule has 1 aliphatic heterocycles. The van der Waals surface area contributed by atoms with E-state index in [0.29, 0.717) is 37.0 Å². The van der Waals surface area contributed by atoms with Gasteiger partial charge in [-0.05, 0) is 40.7 Å². The SMILES string of the molecule is CCOC(=O)c1cnc(-n2nc(C)cc2C)nc1N1C[C@H](C)O[C@@H](C)C1. The summed E-state index contributed by atoms with van der Waals surface area (Å²) in [5, 5.41) is 4.44. The molecule has 2 aromatic heterocycles. The summed E-state index contributed by atoms with van der Waals surface area (Å²) in [7, 11) is 0. The van der Waals surface area contributed by atoms with Gasteiger partial charge in [0.1, 0.15) is 11.4 Å². The molecule has 1 saturated heterocycles. The maximum Gasteiger partial charge on any atom is 0.343 e. The van der Waals surface area contributed by atoms with Crippen molar-refractivity contribution >= 4 is 11.8 Å². The van der Waals surface area contributed by atoms with Crippen LogP contribution in [0.25, 0.3) is 5.95 Å². The summed E-state index contributed by atoms with van der Waals surface area (Å²) in [4.78, 5) is 23.5. The van der Waals surface area contributed by atoms with E-state index in [4.69, 9.17) is 9.47 Å². The largest absolute Gasteiger partial charge is 0.462 e. The van der Waals surface area contributed by atoms with Crippen molar-refractivity contribution in [2.75, 3.05) is 24.6 Å². The summed E-state index contributed by atoms with van der Waals surface area (Å²) in [5.74, 6) is 0.572. The Morgan fingerprint density at radius 1 is 1.31 bits per heavy atom. The van der Waals surface area contributed by atoms with Crippen molar-refractivity contribution in [1.82, 2.24) is 19.7 Å². The zero-order valence-electron chi connectivity index (χ0n) is 15.9. The van der Waals surface area contributed by atoms with Crippen molar-refractivity contribution in [2.45, 2.75) is 46.8 Å². The lowest BCUT2D eigenvalue weighted by molar-refractivity contribution is -0.00561. The maximum absolute atomic E-state index is 12.4. The normalized spacial score (nSPS) is 20.3. The topological polar surface area (TPSA) is 82.4 Å². The van der Waals surface area contributed by atoms with Gasteiger partial charge in [-0.2, -0.15) is 10.1 Å². The number of carbonyl (C=O) groups is 1. The number of rotatable bonds is 4. The molecule has 3 heterocycles. The Balaban J connectivity index is 2.06. The van der Waals surface area contributed by atoms with Crippen LogP contribution in [-0.2, 0) is 9.47 Å². The van der Waals surface area contributed by atoms with E-state index in [1.165, 1.54) is 6.20 Å². The van der Waals surface area contributed by atoms with Crippen molar-refractivity contribution in [1.29, 1.82) is 0 Å². The van der Waals surface area contributed by atoms with E-state index in [1.54, 1.807) is 11.6 Å². The molecule has 0 amide bonds. The number of anilines is 1. The Morgan fingerprint density at radius 2 is 2.00 bits per heavy atom. The van der Waals surface area contributed by atoms with E-state index >= 15 is 0 Å². The van der Waals surface area contributed by atoms with Gasteiger partial charge in [-0.15, -0.1) is 0 Å². The van der Waals surface area contributed by atoms with Crippen LogP contribution in [-0.4, -0.2) is 57.6 Å². The van der Waals surface area contributed by atoms with Gasteiger partial charge in [0.15, 0.2) is 0 Å². The van der Waals surface area contributed by atoms with Crippen molar-refractivity contribution in [3.8, 4) is 5.95 Å². The zero-order chi connectivity index (χ0) is 18.8. The molecule has 26 heavy (non-hydrogen) atoms. The van der Waals surface area contributed by atoms with Crippen LogP contribution in [0.3, 0.4) is 0 Å². The quantitative estimate of drug-likeness (QED) is 0.773. The molecule has 8 heteroatoms. The van der Waals surface area contributed by atoms with Crippen LogP contribution >= 0.6 is 0 Å². The number of morpholine rings is 1. The highest BCUT2D eigenvalue weighted by molar-refractivity contribution is 5.94. The summed E-state index contributed by atoms with van der Waals surface area (Å²) >= 11 is 0. The minimum absolute atomic E-state index is 0.0425. The third-order valence-electron chi connectivity index (χ3n) is 4.17. The number of carbonyl (C=O) groups excluding carboxylic acids is 1. The van der Waals surface area contributed by atoms with Gasteiger partial charge in [-0.3, -0.25) is 0 Å². The van der Waals surface area contributed by atoms with Gasteiger partial charge in [0.2, 0.25) is 0 Å². The Kier molecular flexibility index (Phi) is 5.22. The minimum Gasteiger partial charge on any atom is -0.462 e. The standard InChI is InChI=1S/C18H25N5O3/c1-6-25-17(24)15-8-19-18(23-12(3)7-11(2)21-23)20-16(15)22-9-13(4)26-14(5)10-22/h7-8,13-14H,6,9-10H2,1-5H3/t13-,14-/m0/s1. The van der Waals surface area contributed by atoms with Crippen LogP contribution in [0.2, 0.25) is 0 Å². The summed E-state index contributed by atoms with van der Waals surface area (Å²) < 4.78 is 12.7. The van der Waals surface area contributed by atoms with Gasteiger partial charge in [0, 0.05) is 25.0 Å². The molecule has 0 spiro atoms. The molecule has 8 nitrogen and oxygen atoms in total. The molecule has 0 radical (unpaired) electrons. The molecular weight excluding hydrogens is 334 g/mol. The second-order valence-corrected chi connectivity index (χ2v) is 6.63. The van der Waals surface area contributed by atoms with Gasteiger partial charge in [0.25, 0.3) is 5.95 Å². The number of aryl methyl sites for hydroxylation is 2. The van der Waals surface area contributed by atoms with Crippen LogP contribution in [0.5, 0.6) is 0 Å². The van der Waals surface area contributed by atoms with E-state index < -0.39 is 5.97 Å². The molecule has 0 N–H and O–H groups in total. The molecule has 3 rings (SSSR count). The van der Waals surface area contributed by atoms with Crippen molar-refractivity contribution in [3.05, 3.63) is 29.2 Å². The van der Waals surface area contributed by atoms with E-state index in [-0.39, 0.29) is 12.2 Å². The molecule has 0 unspecified atom stereocenters.